The lowest BCUT2D eigenvalue weighted by Gasteiger charge is -2.12. The van der Waals surface area contributed by atoms with Gasteiger partial charge in [0.25, 0.3) is 5.56 Å². The van der Waals surface area contributed by atoms with E-state index < -0.39 is 0 Å². The SMILES string of the molecule is COCCNC(=O)Cn1c(=O)c2cccn2c2ccccc21. The highest BCUT2D eigenvalue weighted by molar-refractivity contribution is 5.82. The average molecular weight is 299 g/mol. The number of methoxy groups -OCH3 is 1. The first-order valence-corrected chi connectivity index (χ1v) is 7.06. The van der Waals surface area contributed by atoms with Crippen LogP contribution in [0.1, 0.15) is 0 Å². The summed E-state index contributed by atoms with van der Waals surface area (Å²) in [5.41, 5.74) is 2.01. The van der Waals surface area contributed by atoms with Crippen LogP contribution in [0.15, 0.2) is 47.4 Å². The molecule has 0 bridgehead atoms. The average Bonchev–Trinajstić information content (AvgIpc) is 3.02. The van der Waals surface area contributed by atoms with Gasteiger partial charge in [0.05, 0.1) is 17.6 Å². The molecule has 2 heterocycles. The lowest BCUT2D eigenvalue weighted by Crippen LogP contribution is -2.34. The quantitative estimate of drug-likeness (QED) is 0.715. The molecule has 1 aromatic carbocycles. The molecule has 22 heavy (non-hydrogen) atoms. The van der Waals surface area contributed by atoms with Crippen LogP contribution in [0.4, 0.5) is 0 Å². The smallest absolute Gasteiger partial charge is 0.275 e. The molecule has 0 unspecified atom stereocenters. The van der Waals surface area contributed by atoms with Crippen LogP contribution < -0.4 is 10.9 Å². The van der Waals surface area contributed by atoms with Gasteiger partial charge in [-0.2, -0.15) is 0 Å². The Morgan fingerprint density at radius 3 is 2.64 bits per heavy atom. The van der Waals surface area contributed by atoms with Gasteiger partial charge in [-0.25, -0.2) is 0 Å². The lowest BCUT2D eigenvalue weighted by atomic mass is 10.2. The van der Waals surface area contributed by atoms with Crippen molar-refractivity contribution in [1.82, 2.24) is 14.3 Å². The van der Waals surface area contributed by atoms with E-state index in [0.717, 1.165) is 11.0 Å². The maximum Gasteiger partial charge on any atom is 0.275 e. The Labute approximate surface area is 126 Å². The number of hydrogen-bond acceptors (Lipinski definition) is 3. The van der Waals surface area contributed by atoms with E-state index in [1.54, 1.807) is 13.2 Å². The third-order valence-corrected chi connectivity index (χ3v) is 3.58. The van der Waals surface area contributed by atoms with Crippen molar-refractivity contribution in [3.8, 4) is 0 Å². The second-order valence-electron chi connectivity index (χ2n) is 4.99. The maximum atomic E-state index is 12.6. The van der Waals surface area contributed by atoms with Gasteiger partial charge in [-0.05, 0) is 24.3 Å². The number of rotatable bonds is 5. The van der Waals surface area contributed by atoms with Crippen molar-refractivity contribution in [2.24, 2.45) is 0 Å². The summed E-state index contributed by atoms with van der Waals surface area (Å²) in [5, 5.41) is 2.74. The molecule has 0 aliphatic carbocycles. The van der Waals surface area contributed by atoms with Crippen LogP contribution in [0.5, 0.6) is 0 Å². The number of benzene rings is 1. The van der Waals surface area contributed by atoms with Crippen molar-refractivity contribution in [3.63, 3.8) is 0 Å². The molecule has 0 atom stereocenters. The van der Waals surface area contributed by atoms with Crippen LogP contribution in [0.2, 0.25) is 0 Å². The van der Waals surface area contributed by atoms with Crippen molar-refractivity contribution in [3.05, 3.63) is 52.9 Å². The molecule has 6 heteroatoms. The number of nitrogens with zero attached hydrogens (tertiary/aromatic N) is 2. The number of para-hydroxylation sites is 2. The van der Waals surface area contributed by atoms with E-state index in [0.29, 0.717) is 18.7 Å². The number of nitrogens with one attached hydrogen (secondary N) is 1. The van der Waals surface area contributed by atoms with Gasteiger partial charge in [0.15, 0.2) is 0 Å². The van der Waals surface area contributed by atoms with Crippen LogP contribution in [0.25, 0.3) is 16.6 Å². The molecule has 3 aromatic rings. The summed E-state index contributed by atoms with van der Waals surface area (Å²) in [5.74, 6) is -0.208. The molecule has 0 saturated carbocycles. The Morgan fingerprint density at radius 1 is 1.14 bits per heavy atom. The molecule has 2 aromatic heterocycles. The summed E-state index contributed by atoms with van der Waals surface area (Å²) < 4.78 is 8.25. The van der Waals surface area contributed by atoms with Crippen LogP contribution in [0.3, 0.4) is 0 Å². The van der Waals surface area contributed by atoms with E-state index in [4.69, 9.17) is 4.74 Å². The molecular weight excluding hydrogens is 282 g/mol. The Balaban J connectivity index is 2.05. The zero-order valence-electron chi connectivity index (χ0n) is 12.3. The monoisotopic (exact) mass is 299 g/mol. The van der Waals surface area contributed by atoms with E-state index in [2.05, 4.69) is 5.32 Å². The van der Waals surface area contributed by atoms with Crippen LogP contribution in [0, 0.1) is 0 Å². The Kier molecular flexibility index (Phi) is 3.93. The zero-order valence-corrected chi connectivity index (χ0v) is 12.3. The lowest BCUT2D eigenvalue weighted by molar-refractivity contribution is -0.121. The third kappa shape index (κ3) is 2.48. The molecule has 1 amide bonds. The molecule has 0 radical (unpaired) electrons. The standard InChI is InChI=1S/C16H17N3O3/c1-22-10-8-17-15(20)11-19-13-6-3-2-5-12(13)18-9-4-7-14(18)16(19)21/h2-7,9H,8,10-11H2,1H3,(H,17,20). The summed E-state index contributed by atoms with van der Waals surface area (Å²) in [6, 6.07) is 11.1. The van der Waals surface area contributed by atoms with Gasteiger partial charge >= 0.3 is 0 Å². The number of aromatic nitrogens is 2. The van der Waals surface area contributed by atoms with Crippen molar-refractivity contribution in [1.29, 1.82) is 0 Å². The number of ether oxygens (including phenoxy) is 1. The molecule has 0 spiro atoms. The molecule has 114 valence electrons. The van der Waals surface area contributed by atoms with E-state index >= 15 is 0 Å². The van der Waals surface area contributed by atoms with Crippen LogP contribution in [-0.4, -0.2) is 35.1 Å². The van der Waals surface area contributed by atoms with E-state index in [-0.39, 0.29) is 18.0 Å². The summed E-state index contributed by atoms with van der Waals surface area (Å²) in [4.78, 5) is 24.6. The van der Waals surface area contributed by atoms with Crippen molar-refractivity contribution >= 4 is 22.5 Å². The Morgan fingerprint density at radius 2 is 1.86 bits per heavy atom. The van der Waals surface area contributed by atoms with Gasteiger partial charge in [0.2, 0.25) is 5.91 Å². The summed E-state index contributed by atoms with van der Waals surface area (Å²) in [6.45, 7) is 0.860. The number of fused-ring (bicyclic) bond motifs is 3. The maximum absolute atomic E-state index is 12.6. The van der Waals surface area contributed by atoms with Gasteiger partial charge < -0.3 is 14.5 Å². The predicted molar refractivity (Wildman–Crippen MR) is 84.0 cm³/mol. The highest BCUT2D eigenvalue weighted by Crippen LogP contribution is 2.14. The first-order valence-electron chi connectivity index (χ1n) is 7.06. The molecule has 0 aliphatic rings. The number of carbonyl (C=O) groups excluding carboxylic acids is 1. The second kappa shape index (κ2) is 6.03. The topological polar surface area (TPSA) is 64.7 Å². The van der Waals surface area contributed by atoms with Gasteiger partial charge in [0, 0.05) is 19.9 Å². The zero-order chi connectivity index (χ0) is 15.5. The highest BCUT2D eigenvalue weighted by Gasteiger charge is 2.12. The number of amides is 1. The molecular formula is C16H17N3O3. The number of hydrogen-bond donors (Lipinski definition) is 1. The highest BCUT2D eigenvalue weighted by atomic mass is 16.5. The fourth-order valence-electron chi connectivity index (χ4n) is 2.56. The fourth-order valence-corrected chi connectivity index (χ4v) is 2.56. The summed E-state index contributed by atoms with van der Waals surface area (Å²) in [7, 11) is 1.57. The van der Waals surface area contributed by atoms with Crippen molar-refractivity contribution < 1.29 is 9.53 Å². The van der Waals surface area contributed by atoms with E-state index in [1.165, 1.54) is 4.57 Å². The van der Waals surface area contributed by atoms with Crippen molar-refractivity contribution in [2.75, 3.05) is 20.3 Å². The molecule has 3 rings (SSSR count). The first-order chi connectivity index (χ1) is 10.7. The van der Waals surface area contributed by atoms with E-state index in [1.807, 2.05) is 40.9 Å². The van der Waals surface area contributed by atoms with Crippen molar-refractivity contribution in [2.45, 2.75) is 6.54 Å². The van der Waals surface area contributed by atoms with Gasteiger partial charge in [-0.1, -0.05) is 12.1 Å². The number of carbonyl (C=O) groups is 1. The Hall–Kier alpha value is -2.60. The second-order valence-corrected chi connectivity index (χ2v) is 4.99. The predicted octanol–water partition coefficient (Wildman–Crippen LogP) is 1.02. The molecule has 1 N–H and O–H groups in total. The molecule has 0 aliphatic heterocycles. The minimum Gasteiger partial charge on any atom is -0.383 e. The fraction of sp³-hybridized carbons (Fsp3) is 0.250. The molecule has 0 saturated heterocycles. The van der Waals surface area contributed by atoms with Crippen LogP contribution >= 0.6 is 0 Å². The van der Waals surface area contributed by atoms with E-state index in [9.17, 15) is 9.59 Å². The molecule has 6 nitrogen and oxygen atoms in total. The third-order valence-electron chi connectivity index (χ3n) is 3.58. The van der Waals surface area contributed by atoms with Gasteiger partial charge in [-0.3, -0.25) is 14.2 Å². The molecule has 0 fully saturated rings. The first kappa shape index (κ1) is 14.3. The van der Waals surface area contributed by atoms with Gasteiger partial charge in [-0.15, -0.1) is 0 Å². The minimum atomic E-state index is -0.208. The summed E-state index contributed by atoms with van der Waals surface area (Å²) >= 11 is 0. The Bertz CT molecular complexity index is 879. The van der Waals surface area contributed by atoms with Crippen LogP contribution in [-0.2, 0) is 16.1 Å². The largest absolute Gasteiger partial charge is 0.383 e. The van der Waals surface area contributed by atoms with Gasteiger partial charge in [0.1, 0.15) is 12.1 Å². The summed E-state index contributed by atoms with van der Waals surface area (Å²) in [6.07, 6.45) is 1.85. The minimum absolute atomic E-state index is 0.00919. The normalized spacial score (nSPS) is 11.1.